The van der Waals surface area contributed by atoms with Crippen LogP contribution in [0.4, 0.5) is 0 Å². The van der Waals surface area contributed by atoms with Crippen molar-refractivity contribution in [2.45, 2.75) is 52.9 Å². The summed E-state index contributed by atoms with van der Waals surface area (Å²) in [7, 11) is 0. The van der Waals surface area contributed by atoms with Gasteiger partial charge in [-0.2, -0.15) is 0 Å². The van der Waals surface area contributed by atoms with Gasteiger partial charge in [0.15, 0.2) is 5.96 Å². The molecule has 0 unspecified atom stereocenters. The standard InChI is InChI=1S/C15H31N3O/c1-4-15(9-7-8-10-15)13-18-14(16-5-2)17-11-12-19-6-3/h4-13H2,1-3H3,(H2,16,17,18). The maximum atomic E-state index is 5.34. The van der Waals surface area contributed by atoms with E-state index in [1.807, 2.05) is 6.92 Å². The quantitative estimate of drug-likeness (QED) is 0.404. The molecule has 4 nitrogen and oxygen atoms in total. The van der Waals surface area contributed by atoms with Crippen LogP contribution in [-0.4, -0.2) is 38.8 Å². The molecule has 1 aliphatic carbocycles. The van der Waals surface area contributed by atoms with E-state index in [2.05, 4.69) is 24.5 Å². The van der Waals surface area contributed by atoms with Crippen molar-refractivity contribution in [3.8, 4) is 0 Å². The van der Waals surface area contributed by atoms with E-state index in [0.29, 0.717) is 5.41 Å². The first kappa shape index (κ1) is 16.3. The molecule has 4 heteroatoms. The third-order valence-corrected chi connectivity index (χ3v) is 4.07. The van der Waals surface area contributed by atoms with Gasteiger partial charge in [-0.1, -0.05) is 19.8 Å². The summed E-state index contributed by atoms with van der Waals surface area (Å²) in [6.45, 7) is 10.6. The van der Waals surface area contributed by atoms with Gasteiger partial charge < -0.3 is 15.4 Å². The predicted octanol–water partition coefficient (Wildman–Crippen LogP) is 2.55. The van der Waals surface area contributed by atoms with Gasteiger partial charge in [-0.3, -0.25) is 4.99 Å². The van der Waals surface area contributed by atoms with E-state index in [1.165, 1.54) is 32.1 Å². The minimum atomic E-state index is 0.461. The molecular weight excluding hydrogens is 238 g/mol. The van der Waals surface area contributed by atoms with Crippen LogP contribution in [0, 0.1) is 5.41 Å². The highest BCUT2D eigenvalue weighted by Gasteiger charge is 2.31. The summed E-state index contributed by atoms with van der Waals surface area (Å²) in [4.78, 5) is 4.77. The number of ether oxygens (including phenoxy) is 1. The number of nitrogens with zero attached hydrogens (tertiary/aromatic N) is 1. The van der Waals surface area contributed by atoms with E-state index in [1.54, 1.807) is 0 Å². The third-order valence-electron chi connectivity index (χ3n) is 4.07. The summed E-state index contributed by atoms with van der Waals surface area (Å²) in [5, 5.41) is 6.64. The fourth-order valence-electron chi connectivity index (χ4n) is 2.72. The third kappa shape index (κ3) is 5.81. The van der Waals surface area contributed by atoms with Gasteiger partial charge in [0.05, 0.1) is 6.61 Å². The van der Waals surface area contributed by atoms with Gasteiger partial charge in [-0.05, 0) is 38.5 Å². The van der Waals surface area contributed by atoms with Gasteiger partial charge in [0.2, 0.25) is 0 Å². The minimum absolute atomic E-state index is 0.461. The van der Waals surface area contributed by atoms with Crippen molar-refractivity contribution in [1.82, 2.24) is 10.6 Å². The highest BCUT2D eigenvalue weighted by atomic mass is 16.5. The second kappa shape index (κ2) is 9.18. The zero-order chi connectivity index (χ0) is 14.0. The molecule has 1 fully saturated rings. The molecule has 0 heterocycles. The highest BCUT2D eigenvalue weighted by Crippen LogP contribution is 2.41. The minimum Gasteiger partial charge on any atom is -0.380 e. The molecule has 112 valence electrons. The van der Waals surface area contributed by atoms with E-state index in [9.17, 15) is 0 Å². The molecule has 0 saturated heterocycles. The zero-order valence-electron chi connectivity index (χ0n) is 12.9. The molecule has 0 spiro atoms. The van der Waals surface area contributed by atoms with Crippen molar-refractivity contribution in [2.24, 2.45) is 10.4 Å². The van der Waals surface area contributed by atoms with Gasteiger partial charge in [0, 0.05) is 26.2 Å². The van der Waals surface area contributed by atoms with Gasteiger partial charge in [-0.25, -0.2) is 0 Å². The maximum Gasteiger partial charge on any atom is 0.191 e. The predicted molar refractivity (Wildman–Crippen MR) is 81.7 cm³/mol. The van der Waals surface area contributed by atoms with Crippen molar-refractivity contribution < 1.29 is 4.74 Å². The second-order valence-electron chi connectivity index (χ2n) is 5.38. The van der Waals surface area contributed by atoms with Gasteiger partial charge in [-0.15, -0.1) is 0 Å². The first-order valence-corrected chi connectivity index (χ1v) is 7.86. The Kier molecular flexibility index (Phi) is 7.87. The number of hydrogen-bond donors (Lipinski definition) is 2. The normalized spacial score (nSPS) is 18.6. The fraction of sp³-hybridized carbons (Fsp3) is 0.933. The Morgan fingerprint density at radius 1 is 1.16 bits per heavy atom. The van der Waals surface area contributed by atoms with E-state index in [4.69, 9.17) is 9.73 Å². The molecule has 0 amide bonds. The first-order valence-electron chi connectivity index (χ1n) is 7.86. The Bertz CT molecular complexity index is 260. The Morgan fingerprint density at radius 3 is 2.47 bits per heavy atom. The Morgan fingerprint density at radius 2 is 1.89 bits per heavy atom. The van der Waals surface area contributed by atoms with E-state index in [-0.39, 0.29) is 0 Å². The number of rotatable bonds is 8. The van der Waals surface area contributed by atoms with E-state index < -0.39 is 0 Å². The lowest BCUT2D eigenvalue weighted by atomic mass is 9.84. The van der Waals surface area contributed by atoms with Crippen molar-refractivity contribution in [3.63, 3.8) is 0 Å². The zero-order valence-corrected chi connectivity index (χ0v) is 12.9. The molecule has 2 N–H and O–H groups in total. The van der Waals surface area contributed by atoms with Crippen LogP contribution in [0.15, 0.2) is 4.99 Å². The summed E-state index contributed by atoms with van der Waals surface area (Å²) in [6, 6.07) is 0. The molecule has 0 aliphatic heterocycles. The summed E-state index contributed by atoms with van der Waals surface area (Å²) < 4.78 is 5.34. The Hall–Kier alpha value is -0.770. The van der Waals surface area contributed by atoms with Crippen LogP contribution < -0.4 is 10.6 Å². The Balaban J connectivity index is 2.42. The fourth-order valence-corrected chi connectivity index (χ4v) is 2.72. The number of guanidine groups is 1. The number of aliphatic imine (C=N–C) groups is 1. The van der Waals surface area contributed by atoms with E-state index in [0.717, 1.165) is 38.8 Å². The van der Waals surface area contributed by atoms with Crippen LogP contribution in [0.5, 0.6) is 0 Å². The average molecular weight is 269 g/mol. The first-order chi connectivity index (χ1) is 9.26. The molecule has 0 aromatic carbocycles. The van der Waals surface area contributed by atoms with Crippen molar-refractivity contribution in [3.05, 3.63) is 0 Å². The molecular formula is C15H31N3O. The van der Waals surface area contributed by atoms with Crippen LogP contribution in [0.1, 0.15) is 52.9 Å². The number of hydrogen-bond acceptors (Lipinski definition) is 2. The summed E-state index contributed by atoms with van der Waals surface area (Å²) >= 11 is 0. The largest absolute Gasteiger partial charge is 0.380 e. The molecule has 0 bridgehead atoms. The topological polar surface area (TPSA) is 45.7 Å². The van der Waals surface area contributed by atoms with Crippen LogP contribution in [-0.2, 0) is 4.74 Å². The lowest BCUT2D eigenvalue weighted by molar-refractivity contribution is 0.152. The smallest absolute Gasteiger partial charge is 0.191 e. The average Bonchev–Trinajstić information content (AvgIpc) is 2.90. The summed E-state index contributed by atoms with van der Waals surface area (Å²) in [5.41, 5.74) is 0.461. The molecule has 1 rings (SSSR count). The molecule has 0 atom stereocenters. The van der Waals surface area contributed by atoms with Gasteiger partial charge in [0.25, 0.3) is 0 Å². The molecule has 0 aromatic rings. The second-order valence-corrected chi connectivity index (χ2v) is 5.38. The lowest BCUT2D eigenvalue weighted by Crippen LogP contribution is -2.39. The summed E-state index contributed by atoms with van der Waals surface area (Å²) in [5.74, 6) is 0.932. The molecule has 1 saturated carbocycles. The monoisotopic (exact) mass is 269 g/mol. The number of nitrogens with one attached hydrogen (secondary N) is 2. The van der Waals surface area contributed by atoms with Gasteiger partial charge in [0.1, 0.15) is 0 Å². The molecule has 1 aliphatic rings. The van der Waals surface area contributed by atoms with Crippen LogP contribution >= 0.6 is 0 Å². The van der Waals surface area contributed by atoms with Crippen molar-refractivity contribution >= 4 is 5.96 Å². The van der Waals surface area contributed by atoms with Crippen LogP contribution in [0.2, 0.25) is 0 Å². The van der Waals surface area contributed by atoms with E-state index >= 15 is 0 Å². The SMILES string of the molecule is CCNC(=NCC1(CC)CCCC1)NCCOCC. The van der Waals surface area contributed by atoms with Crippen molar-refractivity contribution in [1.29, 1.82) is 0 Å². The van der Waals surface area contributed by atoms with Crippen LogP contribution in [0.3, 0.4) is 0 Å². The van der Waals surface area contributed by atoms with Crippen molar-refractivity contribution in [2.75, 3.05) is 32.8 Å². The van der Waals surface area contributed by atoms with Gasteiger partial charge >= 0.3 is 0 Å². The molecule has 0 radical (unpaired) electrons. The summed E-state index contributed by atoms with van der Waals surface area (Å²) in [6.07, 6.45) is 6.67. The lowest BCUT2D eigenvalue weighted by Gasteiger charge is -2.25. The van der Waals surface area contributed by atoms with Crippen LogP contribution in [0.25, 0.3) is 0 Å². The molecule has 0 aromatic heterocycles. The Labute approximate surface area is 118 Å². The maximum absolute atomic E-state index is 5.34. The molecule has 19 heavy (non-hydrogen) atoms. The highest BCUT2D eigenvalue weighted by molar-refractivity contribution is 5.79.